The molecule has 20 heavy (non-hydrogen) atoms. The van der Waals surface area contributed by atoms with Crippen LogP contribution in [-0.4, -0.2) is 6.54 Å². The lowest BCUT2D eigenvalue weighted by molar-refractivity contribution is 0.549. The molecular weight excluding hydrogens is 242 g/mol. The predicted molar refractivity (Wildman–Crippen MR) is 87.2 cm³/mol. The summed E-state index contributed by atoms with van der Waals surface area (Å²) in [6, 6.07) is 16.0. The zero-order valence-electron chi connectivity index (χ0n) is 13.0. The largest absolute Gasteiger partial charge is 0.310 e. The molecule has 0 aliphatic rings. The van der Waals surface area contributed by atoms with Crippen LogP contribution in [0.2, 0.25) is 0 Å². The second-order valence-electron chi connectivity index (χ2n) is 5.72. The van der Waals surface area contributed by atoms with Crippen molar-refractivity contribution in [1.29, 1.82) is 0 Å². The normalized spacial score (nSPS) is 12.4. The van der Waals surface area contributed by atoms with E-state index < -0.39 is 0 Å². The van der Waals surface area contributed by atoms with Crippen molar-refractivity contribution in [3.8, 4) is 0 Å². The number of hydrogen-bond donors (Lipinski definition) is 1. The number of benzene rings is 2. The minimum Gasteiger partial charge on any atom is -0.310 e. The van der Waals surface area contributed by atoms with E-state index in [4.69, 9.17) is 0 Å². The Hall–Kier alpha value is -1.60. The molecule has 1 atom stereocenters. The van der Waals surface area contributed by atoms with Crippen molar-refractivity contribution in [2.75, 3.05) is 6.54 Å². The molecule has 1 heteroatoms. The van der Waals surface area contributed by atoms with Gasteiger partial charge in [0.1, 0.15) is 0 Å². The van der Waals surface area contributed by atoms with Gasteiger partial charge in [-0.3, -0.25) is 0 Å². The average molecular weight is 267 g/mol. The molecule has 0 amide bonds. The van der Waals surface area contributed by atoms with Gasteiger partial charge in [0, 0.05) is 6.04 Å². The quantitative estimate of drug-likeness (QED) is 0.840. The van der Waals surface area contributed by atoms with Crippen LogP contribution in [0, 0.1) is 20.8 Å². The van der Waals surface area contributed by atoms with E-state index in [1.807, 2.05) is 0 Å². The van der Waals surface area contributed by atoms with Gasteiger partial charge in [0.05, 0.1) is 0 Å². The van der Waals surface area contributed by atoms with Crippen LogP contribution < -0.4 is 5.32 Å². The first kappa shape index (κ1) is 14.8. The second kappa shape index (κ2) is 6.71. The van der Waals surface area contributed by atoms with Crippen molar-refractivity contribution < 1.29 is 0 Å². The minimum absolute atomic E-state index is 0.390. The third-order valence-corrected chi connectivity index (χ3v) is 3.62. The highest BCUT2D eigenvalue weighted by Gasteiger charge is 2.11. The van der Waals surface area contributed by atoms with E-state index in [-0.39, 0.29) is 0 Å². The van der Waals surface area contributed by atoms with Crippen LogP contribution in [0.25, 0.3) is 0 Å². The van der Waals surface area contributed by atoms with Gasteiger partial charge >= 0.3 is 0 Å². The van der Waals surface area contributed by atoms with Gasteiger partial charge in [0.15, 0.2) is 0 Å². The summed E-state index contributed by atoms with van der Waals surface area (Å²) >= 11 is 0. The Labute approximate surface area is 123 Å². The van der Waals surface area contributed by atoms with Gasteiger partial charge < -0.3 is 5.32 Å². The fourth-order valence-electron chi connectivity index (χ4n) is 2.86. The summed E-state index contributed by atoms with van der Waals surface area (Å²) in [6.45, 7) is 9.66. The molecule has 1 nitrogen and oxygen atoms in total. The number of rotatable bonds is 5. The van der Waals surface area contributed by atoms with Crippen LogP contribution in [0.15, 0.2) is 42.5 Å². The number of hydrogen-bond acceptors (Lipinski definition) is 1. The maximum absolute atomic E-state index is 3.61. The van der Waals surface area contributed by atoms with E-state index in [0.717, 1.165) is 13.0 Å². The molecule has 0 saturated carbocycles. The third kappa shape index (κ3) is 3.94. The average Bonchev–Trinajstić information content (AvgIpc) is 2.37. The Morgan fingerprint density at radius 1 is 0.900 bits per heavy atom. The van der Waals surface area contributed by atoms with Crippen LogP contribution in [-0.2, 0) is 6.42 Å². The van der Waals surface area contributed by atoms with Crippen LogP contribution in [0.1, 0.15) is 40.8 Å². The summed E-state index contributed by atoms with van der Waals surface area (Å²) in [7, 11) is 0. The fourth-order valence-corrected chi connectivity index (χ4v) is 2.86. The molecule has 0 aromatic heterocycles. The number of aryl methyl sites for hydroxylation is 3. The summed E-state index contributed by atoms with van der Waals surface area (Å²) in [5.74, 6) is 0. The predicted octanol–water partition coefficient (Wildman–Crippen LogP) is 4.51. The van der Waals surface area contributed by atoms with Gasteiger partial charge in [-0.25, -0.2) is 0 Å². The lowest BCUT2D eigenvalue weighted by Crippen LogP contribution is -2.23. The molecule has 0 bridgehead atoms. The highest BCUT2D eigenvalue weighted by Crippen LogP contribution is 2.21. The first-order valence-electron chi connectivity index (χ1n) is 7.45. The SMILES string of the molecule is CCNC(Cc1cc(C)cc(C)c1)c1cccc(C)c1. The van der Waals surface area contributed by atoms with E-state index in [2.05, 4.69) is 75.5 Å². The zero-order valence-corrected chi connectivity index (χ0v) is 13.0. The van der Waals surface area contributed by atoms with Crippen molar-refractivity contribution in [2.24, 2.45) is 0 Å². The van der Waals surface area contributed by atoms with E-state index in [0.29, 0.717) is 6.04 Å². The Bertz CT molecular complexity index is 551. The number of likely N-dealkylation sites (N-methyl/N-ethyl adjacent to an activating group) is 1. The van der Waals surface area contributed by atoms with Gasteiger partial charge in [-0.2, -0.15) is 0 Å². The molecule has 0 radical (unpaired) electrons. The molecule has 0 saturated heterocycles. The van der Waals surface area contributed by atoms with Gasteiger partial charge in [-0.1, -0.05) is 66.1 Å². The molecule has 2 aromatic rings. The van der Waals surface area contributed by atoms with Crippen molar-refractivity contribution >= 4 is 0 Å². The Kier molecular flexibility index (Phi) is 4.97. The van der Waals surface area contributed by atoms with E-state index in [9.17, 15) is 0 Å². The summed E-state index contributed by atoms with van der Waals surface area (Å²) in [5.41, 5.74) is 6.81. The molecule has 106 valence electrons. The second-order valence-corrected chi connectivity index (χ2v) is 5.72. The fraction of sp³-hybridized carbons (Fsp3) is 0.368. The van der Waals surface area contributed by atoms with Crippen LogP contribution >= 0.6 is 0 Å². The Morgan fingerprint density at radius 2 is 1.60 bits per heavy atom. The van der Waals surface area contributed by atoms with Crippen molar-refractivity contribution in [3.05, 3.63) is 70.3 Å². The highest BCUT2D eigenvalue weighted by molar-refractivity contribution is 5.32. The molecular formula is C19H25N. The van der Waals surface area contributed by atoms with Crippen molar-refractivity contribution in [3.63, 3.8) is 0 Å². The van der Waals surface area contributed by atoms with Gasteiger partial charge in [-0.05, 0) is 44.9 Å². The van der Waals surface area contributed by atoms with Crippen molar-refractivity contribution in [2.45, 2.75) is 40.2 Å². The molecule has 0 heterocycles. The summed E-state index contributed by atoms with van der Waals surface area (Å²) < 4.78 is 0. The van der Waals surface area contributed by atoms with E-state index >= 15 is 0 Å². The smallest absolute Gasteiger partial charge is 0.0360 e. The lowest BCUT2D eigenvalue weighted by Gasteiger charge is -2.19. The van der Waals surface area contributed by atoms with E-state index in [1.165, 1.54) is 27.8 Å². The lowest BCUT2D eigenvalue weighted by atomic mass is 9.95. The van der Waals surface area contributed by atoms with Gasteiger partial charge in [-0.15, -0.1) is 0 Å². The summed E-state index contributed by atoms with van der Waals surface area (Å²) in [6.07, 6.45) is 1.04. The Morgan fingerprint density at radius 3 is 2.20 bits per heavy atom. The zero-order chi connectivity index (χ0) is 14.5. The van der Waals surface area contributed by atoms with E-state index in [1.54, 1.807) is 0 Å². The molecule has 2 rings (SSSR count). The van der Waals surface area contributed by atoms with Gasteiger partial charge in [0.25, 0.3) is 0 Å². The topological polar surface area (TPSA) is 12.0 Å². The third-order valence-electron chi connectivity index (χ3n) is 3.62. The standard InChI is InChI=1S/C19H25N/c1-5-20-19(18-8-6-7-14(2)12-18)13-17-10-15(3)9-16(4)11-17/h6-12,19-20H,5,13H2,1-4H3. The molecule has 2 aromatic carbocycles. The highest BCUT2D eigenvalue weighted by atomic mass is 14.9. The molecule has 1 unspecified atom stereocenters. The maximum atomic E-state index is 3.61. The number of nitrogens with one attached hydrogen (secondary N) is 1. The van der Waals surface area contributed by atoms with Crippen LogP contribution in [0.5, 0.6) is 0 Å². The minimum atomic E-state index is 0.390. The maximum Gasteiger partial charge on any atom is 0.0360 e. The summed E-state index contributed by atoms with van der Waals surface area (Å²) in [5, 5.41) is 3.61. The van der Waals surface area contributed by atoms with Gasteiger partial charge in [0.2, 0.25) is 0 Å². The molecule has 1 N–H and O–H groups in total. The molecule has 0 spiro atoms. The molecule has 0 aliphatic heterocycles. The van der Waals surface area contributed by atoms with Crippen LogP contribution in [0.3, 0.4) is 0 Å². The summed E-state index contributed by atoms with van der Waals surface area (Å²) in [4.78, 5) is 0. The molecule has 0 aliphatic carbocycles. The first-order valence-corrected chi connectivity index (χ1v) is 7.45. The first-order chi connectivity index (χ1) is 9.58. The van der Waals surface area contributed by atoms with Crippen molar-refractivity contribution in [1.82, 2.24) is 5.32 Å². The monoisotopic (exact) mass is 267 g/mol. The molecule has 0 fully saturated rings. The Balaban J connectivity index is 2.25. The van der Waals surface area contributed by atoms with Crippen LogP contribution in [0.4, 0.5) is 0 Å².